The van der Waals surface area contributed by atoms with Crippen molar-refractivity contribution in [3.8, 4) is 0 Å². The summed E-state index contributed by atoms with van der Waals surface area (Å²) in [6.07, 6.45) is 1.08. The lowest BCUT2D eigenvalue weighted by atomic mass is 9.78. The molecule has 0 aliphatic heterocycles. The third-order valence-electron chi connectivity index (χ3n) is 3.33. The highest BCUT2D eigenvalue weighted by atomic mass is 79.9. The fourth-order valence-electron chi connectivity index (χ4n) is 1.37. The minimum atomic E-state index is 0.316. The topological polar surface area (TPSA) is 12.9 Å². The van der Waals surface area contributed by atoms with E-state index in [-0.39, 0.29) is 0 Å². The normalized spacial score (nSPS) is 15.7. The molecule has 0 aliphatic carbocycles. The fourth-order valence-corrected chi connectivity index (χ4v) is 3.34. The van der Waals surface area contributed by atoms with Gasteiger partial charge in [-0.3, -0.25) is 0 Å². The van der Waals surface area contributed by atoms with Crippen LogP contribution in [-0.2, 0) is 6.42 Å². The van der Waals surface area contributed by atoms with E-state index in [1.54, 1.807) is 0 Å². The first-order valence-corrected chi connectivity index (χ1v) is 7.31. The number of halogens is 1. The second kappa shape index (κ2) is 4.96. The Morgan fingerprint density at radius 2 is 2.00 bits per heavy atom. The van der Waals surface area contributed by atoms with Gasteiger partial charge in [-0.25, -0.2) is 4.98 Å². The highest BCUT2D eigenvalue weighted by Gasteiger charge is 2.28. The third-order valence-corrected chi connectivity index (χ3v) is 5.68. The number of hydrogen-bond acceptors (Lipinski definition) is 2. The zero-order valence-electron chi connectivity index (χ0n) is 10.2. The monoisotopic (exact) mass is 289 g/mol. The predicted molar refractivity (Wildman–Crippen MR) is 72.0 cm³/mol. The van der Waals surface area contributed by atoms with Crippen molar-refractivity contribution in [2.24, 2.45) is 11.3 Å². The van der Waals surface area contributed by atoms with Gasteiger partial charge in [-0.15, -0.1) is 11.3 Å². The maximum atomic E-state index is 4.62. The van der Waals surface area contributed by atoms with Crippen LogP contribution in [0.4, 0.5) is 0 Å². The van der Waals surface area contributed by atoms with Crippen LogP contribution in [0.25, 0.3) is 0 Å². The Bertz CT molecular complexity index is 313. The molecule has 1 aromatic heterocycles. The van der Waals surface area contributed by atoms with Crippen LogP contribution < -0.4 is 0 Å². The Labute approximate surface area is 105 Å². The van der Waals surface area contributed by atoms with Crippen LogP contribution in [0.3, 0.4) is 0 Å². The Morgan fingerprint density at radius 3 is 2.33 bits per heavy atom. The van der Waals surface area contributed by atoms with Gasteiger partial charge in [0.15, 0.2) is 0 Å². The van der Waals surface area contributed by atoms with Gasteiger partial charge < -0.3 is 0 Å². The Hall–Kier alpha value is 0.110. The fraction of sp³-hybridized carbons (Fsp3) is 0.750. The van der Waals surface area contributed by atoms with Crippen LogP contribution in [0.1, 0.15) is 36.3 Å². The van der Waals surface area contributed by atoms with Crippen LogP contribution in [0.5, 0.6) is 0 Å². The molecule has 0 aliphatic rings. The zero-order valence-corrected chi connectivity index (χ0v) is 12.6. The van der Waals surface area contributed by atoms with E-state index in [2.05, 4.69) is 55.5 Å². The van der Waals surface area contributed by atoms with E-state index < -0.39 is 0 Å². The van der Waals surface area contributed by atoms with Crippen LogP contribution in [0.2, 0.25) is 0 Å². The maximum absolute atomic E-state index is 4.62. The number of aromatic nitrogens is 1. The van der Waals surface area contributed by atoms with E-state index in [4.69, 9.17) is 0 Å². The summed E-state index contributed by atoms with van der Waals surface area (Å²) >= 11 is 5.47. The molecule has 0 radical (unpaired) electrons. The molecule has 0 aromatic carbocycles. The van der Waals surface area contributed by atoms with Gasteiger partial charge in [0.25, 0.3) is 0 Å². The summed E-state index contributed by atoms with van der Waals surface area (Å²) in [6.45, 7) is 11.1. The second-order valence-electron chi connectivity index (χ2n) is 4.87. The van der Waals surface area contributed by atoms with E-state index in [0.29, 0.717) is 11.3 Å². The van der Waals surface area contributed by atoms with Crippen LogP contribution in [0.15, 0.2) is 0 Å². The van der Waals surface area contributed by atoms with Gasteiger partial charge in [0.05, 0.1) is 10.7 Å². The molecule has 0 spiro atoms. The van der Waals surface area contributed by atoms with Gasteiger partial charge in [-0.2, -0.15) is 0 Å². The van der Waals surface area contributed by atoms with Crippen molar-refractivity contribution in [2.45, 2.75) is 41.0 Å². The molecule has 1 atom stereocenters. The molecule has 0 saturated carbocycles. The lowest BCUT2D eigenvalue weighted by molar-refractivity contribution is 0.257. The first-order chi connectivity index (χ1) is 6.89. The van der Waals surface area contributed by atoms with Crippen LogP contribution >= 0.6 is 27.3 Å². The van der Waals surface area contributed by atoms with Gasteiger partial charge in [0.1, 0.15) is 0 Å². The van der Waals surface area contributed by atoms with Gasteiger partial charge >= 0.3 is 0 Å². The summed E-state index contributed by atoms with van der Waals surface area (Å²) in [5, 5.41) is 2.32. The minimum Gasteiger partial charge on any atom is -0.246 e. The number of aryl methyl sites for hydroxylation is 2. The molecule has 1 aromatic rings. The molecule has 1 unspecified atom stereocenters. The Kier molecular flexibility index (Phi) is 4.36. The molecule has 0 saturated heterocycles. The molecule has 0 amide bonds. The van der Waals surface area contributed by atoms with Crippen LogP contribution in [0, 0.1) is 25.2 Å². The van der Waals surface area contributed by atoms with E-state index in [1.165, 1.54) is 15.6 Å². The Balaban J connectivity index is 2.84. The van der Waals surface area contributed by atoms with Crippen molar-refractivity contribution in [1.82, 2.24) is 4.98 Å². The molecule has 1 nitrogen and oxygen atoms in total. The smallest absolute Gasteiger partial charge is 0.0936 e. The van der Waals surface area contributed by atoms with Crippen LogP contribution in [-0.4, -0.2) is 10.3 Å². The summed E-state index contributed by atoms with van der Waals surface area (Å²) in [7, 11) is 0. The Morgan fingerprint density at radius 1 is 1.40 bits per heavy atom. The largest absolute Gasteiger partial charge is 0.246 e. The number of rotatable bonds is 4. The molecule has 3 heteroatoms. The molecule has 1 rings (SSSR count). The van der Waals surface area contributed by atoms with Crippen molar-refractivity contribution in [1.29, 1.82) is 0 Å². The third kappa shape index (κ3) is 3.04. The van der Waals surface area contributed by atoms with E-state index in [0.717, 1.165) is 11.8 Å². The standard InChI is InChI=1S/C12H20BrNS/c1-8(2)12(5,7-13)6-11-14-9(3)10(4)15-11/h8H,6-7H2,1-5H3. The molecule has 15 heavy (non-hydrogen) atoms. The molecule has 86 valence electrons. The predicted octanol–water partition coefficient (Wildman–Crippen LogP) is 4.36. The highest BCUT2D eigenvalue weighted by Crippen LogP contribution is 2.34. The minimum absolute atomic E-state index is 0.316. The average Bonchev–Trinajstić information content (AvgIpc) is 2.45. The van der Waals surface area contributed by atoms with E-state index in [9.17, 15) is 0 Å². The summed E-state index contributed by atoms with van der Waals surface area (Å²) < 4.78 is 0. The number of thiazole rings is 1. The highest BCUT2D eigenvalue weighted by molar-refractivity contribution is 9.09. The second-order valence-corrected chi connectivity index (χ2v) is 6.72. The summed E-state index contributed by atoms with van der Waals surface area (Å²) in [4.78, 5) is 5.98. The molecule has 0 bridgehead atoms. The zero-order chi connectivity index (χ0) is 11.6. The summed E-state index contributed by atoms with van der Waals surface area (Å²) in [5.74, 6) is 0.668. The van der Waals surface area contributed by atoms with Crippen molar-refractivity contribution in [3.05, 3.63) is 15.6 Å². The summed E-state index contributed by atoms with van der Waals surface area (Å²) in [5.41, 5.74) is 1.51. The molecular weight excluding hydrogens is 270 g/mol. The van der Waals surface area contributed by atoms with E-state index >= 15 is 0 Å². The maximum Gasteiger partial charge on any atom is 0.0936 e. The number of alkyl halides is 1. The van der Waals surface area contributed by atoms with Gasteiger partial charge in [0.2, 0.25) is 0 Å². The first-order valence-electron chi connectivity index (χ1n) is 5.38. The lowest BCUT2D eigenvalue weighted by Gasteiger charge is -2.30. The van der Waals surface area contributed by atoms with Crippen molar-refractivity contribution < 1.29 is 0 Å². The quantitative estimate of drug-likeness (QED) is 0.751. The van der Waals surface area contributed by atoms with Crippen molar-refractivity contribution >= 4 is 27.3 Å². The number of hydrogen-bond donors (Lipinski definition) is 0. The number of nitrogens with zero attached hydrogens (tertiary/aromatic N) is 1. The molecule has 0 N–H and O–H groups in total. The lowest BCUT2D eigenvalue weighted by Crippen LogP contribution is -2.27. The van der Waals surface area contributed by atoms with Crippen molar-refractivity contribution in [2.75, 3.05) is 5.33 Å². The molecular formula is C12H20BrNS. The summed E-state index contributed by atoms with van der Waals surface area (Å²) in [6, 6.07) is 0. The molecule has 1 heterocycles. The van der Waals surface area contributed by atoms with Crippen molar-refractivity contribution in [3.63, 3.8) is 0 Å². The molecule has 0 fully saturated rings. The van der Waals surface area contributed by atoms with E-state index in [1.807, 2.05) is 11.3 Å². The SMILES string of the molecule is Cc1nc(CC(C)(CBr)C(C)C)sc1C. The van der Waals surface area contributed by atoms with Gasteiger partial charge in [-0.1, -0.05) is 36.7 Å². The first kappa shape index (κ1) is 13.2. The van der Waals surface area contributed by atoms with Gasteiger partial charge in [0, 0.05) is 16.6 Å². The van der Waals surface area contributed by atoms with Gasteiger partial charge in [-0.05, 0) is 25.2 Å². The average molecular weight is 290 g/mol.